The lowest BCUT2D eigenvalue weighted by Crippen LogP contribution is -2.30. The zero-order valence-corrected chi connectivity index (χ0v) is 13.8. The van der Waals surface area contributed by atoms with E-state index < -0.39 is 16.0 Å². The molecular formula is C15H23NO5S. The molecule has 7 heteroatoms. The molecule has 0 aliphatic carbocycles. The minimum Gasteiger partial charge on any atom is -0.469 e. The van der Waals surface area contributed by atoms with Crippen LogP contribution in [-0.4, -0.2) is 47.0 Å². The number of sulfonamides is 1. The molecule has 0 aromatic heterocycles. The summed E-state index contributed by atoms with van der Waals surface area (Å²) in [6.07, 6.45) is 0.634. The van der Waals surface area contributed by atoms with Crippen molar-refractivity contribution in [2.75, 3.05) is 32.6 Å². The first kappa shape index (κ1) is 18.6. The van der Waals surface area contributed by atoms with Crippen LogP contribution in [0.5, 0.6) is 0 Å². The number of ether oxygens (including phenoxy) is 2. The number of carbonyl (C=O) groups excluding carboxylic acids is 1. The van der Waals surface area contributed by atoms with Gasteiger partial charge in [-0.3, -0.25) is 4.79 Å². The fourth-order valence-electron chi connectivity index (χ4n) is 1.71. The highest BCUT2D eigenvalue weighted by atomic mass is 32.2. The van der Waals surface area contributed by atoms with E-state index in [0.717, 1.165) is 6.42 Å². The van der Waals surface area contributed by atoms with Gasteiger partial charge in [-0.2, -0.15) is 0 Å². The third-order valence-electron chi connectivity index (χ3n) is 3.03. The lowest BCUT2D eigenvalue weighted by Gasteiger charge is -2.07. The molecule has 0 fully saturated rings. The number of carbonyl (C=O) groups is 1. The van der Waals surface area contributed by atoms with Gasteiger partial charge in [-0.15, -0.1) is 0 Å². The molecule has 0 saturated heterocycles. The Kier molecular flexibility index (Phi) is 8.08. The Hall–Kier alpha value is -1.44. The Balaban J connectivity index is 2.11. The van der Waals surface area contributed by atoms with Crippen molar-refractivity contribution in [3.63, 3.8) is 0 Å². The van der Waals surface area contributed by atoms with Gasteiger partial charge in [0.25, 0.3) is 0 Å². The number of methoxy groups -OCH3 is 1. The van der Waals surface area contributed by atoms with Gasteiger partial charge < -0.3 is 9.47 Å². The monoisotopic (exact) mass is 329 g/mol. The minimum atomic E-state index is -3.46. The van der Waals surface area contributed by atoms with Crippen LogP contribution in [0.3, 0.4) is 0 Å². The molecule has 6 nitrogen and oxygen atoms in total. The summed E-state index contributed by atoms with van der Waals surface area (Å²) < 4.78 is 35.3. The summed E-state index contributed by atoms with van der Waals surface area (Å²) in [7, 11) is -2.24. The topological polar surface area (TPSA) is 81.7 Å². The van der Waals surface area contributed by atoms with Crippen LogP contribution in [0.2, 0.25) is 0 Å². The first-order chi connectivity index (χ1) is 10.4. The van der Waals surface area contributed by atoms with Crippen molar-refractivity contribution in [3.05, 3.63) is 35.4 Å². The van der Waals surface area contributed by atoms with E-state index >= 15 is 0 Å². The third kappa shape index (κ3) is 8.11. The van der Waals surface area contributed by atoms with Crippen molar-refractivity contribution in [2.45, 2.75) is 19.8 Å². The van der Waals surface area contributed by atoms with Crippen molar-refractivity contribution in [1.29, 1.82) is 0 Å². The maximum Gasteiger partial charge on any atom is 0.306 e. The maximum atomic E-state index is 11.6. The lowest BCUT2D eigenvalue weighted by molar-refractivity contribution is -0.140. The van der Waals surface area contributed by atoms with Gasteiger partial charge >= 0.3 is 5.97 Å². The lowest BCUT2D eigenvalue weighted by atomic mass is 10.1. The van der Waals surface area contributed by atoms with Gasteiger partial charge in [0.15, 0.2) is 0 Å². The Morgan fingerprint density at radius 1 is 1.18 bits per heavy atom. The average Bonchev–Trinajstić information content (AvgIpc) is 2.50. The number of hydrogen-bond donors (Lipinski definition) is 1. The van der Waals surface area contributed by atoms with E-state index in [4.69, 9.17) is 4.74 Å². The fourth-order valence-corrected chi connectivity index (χ4v) is 2.68. The molecule has 1 aromatic rings. The second-order valence-corrected chi connectivity index (χ2v) is 6.81. The van der Waals surface area contributed by atoms with Crippen LogP contribution in [0, 0.1) is 6.92 Å². The summed E-state index contributed by atoms with van der Waals surface area (Å²) in [6.45, 7) is 3.06. The van der Waals surface area contributed by atoms with Gasteiger partial charge in [0, 0.05) is 6.54 Å². The van der Waals surface area contributed by atoms with Crippen LogP contribution >= 0.6 is 0 Å². The number of aryl methyl sites for hydroxylation is 1. The van der Waals surface area contributed by atoms with Gasteiger partial charge in [0.1, 0.15) is 0 Å². The summed E-state index contributed by atoms with van der Waals surface area (Å²) in [5, 5.41) is 0. The molecule has 0 aliphatic rings. The van der Waals surface area contributed by atoms with Crippen LogP contribution in [0.4, 0.5) is 0 Å². The highest BCUT2D eigenvalue weighted by Crippen LogP contribution is 2.03. The van der Waals surface area contributed by atoms with Crippen LogP contribution in [-0.2, 0) is 30.7 Å². The molecular weight excluding hydrogens is 306 g/mol. The SMILES string of the molecule is COC(=O)CCS(=O)(=O)NCCOCCc1ccc(C)cc1. The normalized spacial score (nSPS) is 11.4. The second kappa shape index (κ2) is 9.55. The molecule has 0 saturated carbocycles. The average molecular weight is 329 g/mol. The van der Waals surface area contributed by atoms with Crippen molar-refractivity contribution in [2.24, 2.45) is 0 Å². The summed E-state index contributed by atoms with van der Waals surface area (Å²) >= 11 is 0. The third-order valence-corrected chi connectivity index (χ3v) is 4.41. The molecule has 0 unspecified atom stereocenters. The Labute approximate surface area is 131 Å². The highest BCUT2D eigenvalue weighted by molar-refractivity contribution is 7.89. The molecule has 0 radical (unpaired) electrons. The van der Waals surface area contributed by atoms with Crippen molar-refractivity contribution >= 4 is 16.0 Å². The van der Waals surface area contributed by atoms with Crippen LogP contribution in [0.15, 0.2) is 24.3 Å². The summed E-state index contributed by atoms with van der Waals surface area (Å²) in [6, 6.07) is 8.19. The quantitative estimate of drug-likeness (QED) is 0.512. The molecule has 0 amide bonds. The Bertz CT molecular complexity index is 554. The summed E-state index contributed by atoms with van der Waals surface area (Å²) in [4.78, 5) is 10.9. The van der Waals surface area contributed by atoms with Crippen molar-refractivity contribution in [1.82, 2.24) is 4.72 Å². The number of benzene rings is 1. The molecule has 1 N–H and O–H groups in total. The predicted molar refractivity (Wildman–Crippen MR) is 84.1 cm³/mol. The Morgan fingerprint density at radius 2 is 1.86 bits per heavy atom. The number of nitrogens with one attached hydrogen (secondary N) is 1. The van der Waals surface area contributed by atoms with E-state index in [0.29, 0.717) is 13.2 Å². The molecule has 1 rings (SSSR count). The second-order valence-electron chi connectivity index (χ2n) is 4.89. The summed E-state index contributed by atoms with van der Waals surface area (Å²) in [5.41, 5.74) is 2.40. The van der Waals surface area contributed by atoms with Crippen molar-refractivity contribution in [3.8, 4) is 0 Å². The smallest absolute Gasteiger partial charge is 0.306 e. The zero-order valence-electron chi connectivity index (χ0n) is 13.0. The summed E-state index contributed by atoms with van der Waals surface area (Å²) in [5.74, 6) is -0.817. The molecule has 0 atom stereocenters. The van der Waals surface area contributed by atoms with E-state index in [9.17, 15) is 13.2 Å². The highest BCUT2D eigenvalue weighted by Gasteiger charge is 2.12. The zero-order chi connectivity index (χ0) is 16.4. The molecule has 22 heavy (non-hydrogen) atoms. The standard InChI is InChI=1S/C15H23NO5S/c1-13-3-5-14(6-4-13)7-10-21-11-9-16-22(18,19)12-8-15(17)20-2/h3-6,16H,7-12H2,1-2H3. The van der Waals surface area contributed by atoms with Crippen LogP contribution < -0.4 is 4.72 Å². The fraction of sp³-hybridized carbons (Fsp3) is 0.533. The van der Waals surface area contributed by atoms with E-state index in [1.54, 1.807) is 0 Å². The first-order valence-corrected chi connectivity index (χ1v) is 8.75. The van der Waals surface area contributed by atoms with Crippen LogP contribution in [0.25, 0.3) is 0 Å². The largest absolute Gasteiger partial charge is 0.469 e. The van der Waals surface area contributed by atoms with Gasteiger partial charge in [-0.1, -0.05) is 29.8 Å². The van der Waals surface area contributed by atoms with Gasteiger partial charge in [-0.25, -0.2) is 13.1 Å². The molecule has 1 aromatic carbocycles. The van der Waals surface area contributed by atoms with Crippen molar-refractivity contribution < 1.29 is 22.7 Å². The van der Waals surface area contributed by atoms with Gasteiger partial charge in [-0.05, 0) is 18.9 Å². The molecule has 0 spiro atoms. The van der Waals surface area contributed by atoms with Crippen LogP contribution in [0.1, 0.15) is 17.5 Å². The molecule has 124 valence electrons. The maximum absolute atomic E-state index is 11.6. The molecule has 0 heterocycles. The first-order valence-electron chi connectivity index (χ1n) is 7.10. The minimum absolute atomic E-state index is 0.153. The Morgan fingerprint density at radius 3 is 2.50 bits per heavy atom. The number of hydrogen-bond acceptors (Lipinski definition) is 5. The number of esters is 1. The van der Waals surface area contributed by atoms with E-state index in [1.165, 1.54) is 18.2 Å². The van der Waals surface area contributed by atoms with E-state index in [-0.39, 0.29) is 18.7 Å². The predicted octanol–water partition coefficient (Wildman–Crippen LogP) is 1.04. The van der Waals surface area contributed by atoms with Gasteiger partial charge in [0.2, 0.25) is 10.0 Å². The molecule has 0 aliphatic heterocycles. The van der Waals surface area contributed by atoms with Gasteiger partial charge in [0.05, 0.1) is 32.5 Å². The van der Waals surface area contributed by atoms with E-state index in [2.05, 4.69) is 9.46 Å². The number of rotatable bonds is 10. The van der Waals surface area contributed by atoms with E-state index in [1.807, 2.05) is 31.2 Å². The molecule has 0 bridgehead atoms.